The van der Waals surface area contributed by atoms with Crippen LogP contribution in [0.4, 0.5) is 8.78 Å². The normalized spacial score (nSPS) is 14.7. The Labute approximate surface area is 263 Å². The van der Waals surface area contributed by atoms with Gasteiger partial charge in [0.25, 0.3) is 0 Å². The lowest BCUT2D eigenvalue weighted by atomic mass is 9.81. The van der Waals surface area contributed by atoms with E-state index in [1.54, 1.807) is 42.5 Å². The van der Waals surface area contributed by atoms with E-state index in [-0.39, 0.29) is 18.7 Å². The van der Waals surface area contributed by atoms with Crippen LogP contribution < -0.4 is 10.5 Å². The SMILES string of the molecule is Cc1cc(CN2C=NN(C[C@](O)(c3ccc(F)cc3F)[C@@H](C)c3nc(-c4ccc(C#N)cc4)cs3)C2)cc(C)c1OC(=O)CN. The zero-order valence-electron chi connectivity index (χ0n) is 25.0. The van der Waals surface area contributed by atoms with Crippen molar-refractivity contribution in [2.45, 2.75) is 38.8 Å². The number of β-amino-alcohol motifs (C(OH)–C–C–N with tert-alkyl or cyclic N) is 1. The number of nitriles is 1. The second kappa shape index (κ2) is 13.1. The fraction of sp³-hybridized carbons (Fsp3) is 0.273. The number of halogens is 2. The van der Waals surface area contributed by atoms with Crippen molar-refractivity contribution in [3.05, 3.63) is 104 Å². The Morgan fingerprint density at radius 2 is 1.89 bits per heavy atom. The van der Waals surface area contributed by atoms with Crippen LogP contribution >= 0.6 is 11.3 Å². The van der Waals surface area contributed by atoms with Gasteiger partial charge in [0.05, 0.1) is 35.4 Å². The molecule has 4 aromatic rings. The van der Waals surface area contributed by atoms with E-state index in [1.165, 1.54) is 17.4 Å². The fourth-order valence-corrected chi connectivity index (χ4v) is 6.38. The van der Waals surface area contributed by atoms with Gasteiger partial charge in [-0.15, -0.1) is 11.3 Å². The van der Waals surface area contributed by atoms with Crippen molar-refractivity contribution in [1.29, 1.82) is 5.26 Å². The Kier molecular flexibility index (Phi) is 9.24. The van der Waals surface area contributed by atoms with E-state index in [0.29, 0.717) is 35.2 Å². The number of nitrogens with zero attached hydrogens (tertiary/aromatic N) is 5. The number of benzene rings is 3. The predicted octanol–water partition coefficient (Wildman–Crippen LogP) is 5.15. The molecule has 0 spiro atoms. The van der Waals surface area contributed by atoms with Crippen molar-refractivity contribution >= 4 is 23.6 Å². The number of rotatable bonds is 10. The molecule has 45 heavy (non-hydrogen) atoms. The van der Waals surface area contributed by atoms with Crippen LogP contribution in [-0.4, -0.2) is 52.1 Å². The number of thiazole rings is 1. The largest absolute Gasteiger partial charge is 0.425 e. The van der Waals surface area contributed by atoms with E-state index < -0.39 is 29.1 Å². The van der Waals surface area contributed by atoms with Crippen molar-refractivity contribution in [3.8, 4) is 23.1 Å². The van der Waals surface area contributed by atoms with Crippen molar-refractivity contribution in [2.75, 3.05) is 19.8 Å². The first-order valence-electron chi connectivity index (χ1n) is 14.2. The highest BCUT2D eigenvalue weighted by Crippen LogP contribution is 2.41. The molecule has 0 radical (unpaired) electrons. The smallest absolute Gasteiger partial charge is 0.325 e. The van der Waals surface area contributed by atoms with Gasteiger partial charge in [-0.2, -0.15) is 10.4 Å². The van der Waals surface area contributed by atoms with Gasteiger partial charge in [-0.1, -0.05) is 37.3 Å². The number of aromatic nitrogens is 1. The first-order chi connectivity index (χ1) is 21.5. The summed E-state index contributed by atoms with van der Waals surface area (Å²) in [5.41, 5.74) is 8.02. The van der Waals surface area contributed by atoms with Crippen molar-refractivity contribution in [3.63, 3.8) is 0 Å². The zero-order valence-corrected chi connectivity index (χ0v) is 25.8. The van der Waals surface area contributed by atoms with Crippen LogP contribution in [0.15, 0.2) is 65.1 Å². The maximum Gasteiger partial charge on any atom is 0.325 e. The number of aryl methyl sites for hydroxylation is 2. The second-order valence-corrected chi connectivity index (χ2v) is 11.9. The number of carbonyl (C=O) groups is 1. The zero-order chi connectivity index (χ0) is 32.3. The number of carbonyl (C=O) groups excluding carboxylic acids is 1. The van der Waals surface area contributed by atoms with Crippen molar-refractivity contribution in [1.82, 2.24) is 14.9 Å². The maximum atomic E-state index is 15.3. The number of hydrazone groups is 1. The third kappa shape index (κ3) is 6.86. The molecule has 0 fully saturated rings. The molecule has 3 aromatic carbocycles. The molecule has 0 bridgehead atoms. The number of esters is 1. The average molecular weight is 631 g/mol. The minimum absolute atomic E-state index is 0.0611. The molecular formula is C33H32F2N6O3S. The quantitative estimate of drug-likeness (QED) is 0.182. The summed E-state index contributed by atoms with van der Waals surface area (Å²) in [5, 5.41) is 29.9. The van der Waals surface area contributed by atoms with Gasteiger partial charge < -0.3 is 20.5 Å². The lowest BCUT2D eigenvalue weighted by molar-refractivity contribution is -0.132. The number of hydrogen-bond donors (Lipinski definition) is 2. The van der Waals surface area contributed by atoms with Crippen LogP contribution in [0.2, 0.25) is 0 Å². The molecule has 0 unspecified atom stereocenters. The van der Waals surface area contributed by atoms with Crippen molar-refractivity contribution < 1.29 is 23.4 Å². The van der Waals surface area contributed by atoms with E-state index in [9.17, 15) is 14.3 Å². The molecule has 2 heterocycles. The van der Waals surface area contributed by atoms with E-state index in [1.807, 2.05) is 36.3 Å². The standard InChI is InChI=1S/C33H32F2N6O3S/c1-20-10-24(11-21(2)31(20)44-30(42)14-37)15-40-18-38-41(19-40)17-33(43,27-9-8-26(34)12-28(27)35)22(3)32-39-29(16-45-32)25-6-4-23(13-36)5-7-25/h4-12,16,18,22,43H,14-15,17,19,37H2,1-3H3/t22-,33+/m0/s1. The molecule has 1 aliphatic rings. The lowest BCUT2D eigenvalue weighted by Gasteiger charge is -2.36. The van der Waals surface area contributed by atoms with Crippen LogP contribution in [0.1, 0.15) is 45.7 Å². The van der Waals surface area contributed by atoms with Gasteiger partial charge in [-0.05, 0) is 48.7 Å². The molecule has 0 amide bonds. The summed E-state index contributed by atoms with van der Waals surface area (Å²) in [4.78, 5) is 18.4. The van der Waals surface area contributed by atoms with Gasteiger partial charge in [-0.3, -0.25) is 9.80 Å². The Hall–Kier alpha value is -4.70. The highest BCUT2D eigenvalue weighted by atomic mass is 32.1. The molecule has 5 rings (SSSR count). The second-order valence-electron chi connectivity index (χ2n) is 11.1. The van der Waals surface area contributed by atoms with Gasteiger partial charge in [0, 0.05) is 35.0 Å². The molecular weight excluding hydrogens is 598 g/mol. The number of nitrogens with two attached hydrogens (primary N) is 1. The fourth-order valence-electron chi connectivity index (χ4n) is 5.41. The van der Waals surface area contributed by atoms with E-state index in [4.69, 9.17) is 20.7 Å². The predicted molar refractivity (Wildman–Crippen MR) is 167 cm³/mol. The summed E-state index contributed by atoms with van der Waals surface area (Å²) >= 11 is 1.32. The molecule has 1 aromatic heterocycles. The third-order valence-electron chi connectivity index (χ3n) is 7.75. The van der Waals surface area contributed by atoms with Crippen LogP contribution in [0.25, 0.3) is 11.3 Å². The van der Waals surface area contributed by atoms with Gasteiger partial charge in [0.15, 0.2) is 0 Å². The highest BCUT2D eigenvalue weighted by Gasteiger charge is 2.43. The first-order valence-corrected chi connectivity index (χ1v) is 15.1. The molecule has 9 nitrogen and oxygen atoms in total. The van der Waals surface area contributed by atoms with E-state index in [0.717, 1.165) is 34.4 Å². The van der Waals surface area contributed by atoms with Crippen LogP contribution in [0, 0.1) is 36.8 Å². The Morgan fingerprint density at radius 3 is 2.53 bits per heavy atom. The molecule has 0 aliphatic carbocycles. The van der Waals surface area contributed by atoms with Crippen molar-refractivity contribution in [2.24, 2.45) is 10.8 Å². The highest BCUT2D eigenvalue weighted by molar-refractivity contribution is 7.10. The summed E-state index contributed by atoms with van der Waals surface area (Å²) in [6, 6.07) is 16.1. The topological polar surface area (TPSA) is 128 Å². The summed E-state index contributed by atoms with van der Waals surface area (Å²) in [5.74, 6) is -2.35. The molecule has 1 aliphatic heterocycles. The minimum atomic E-state index is -1.83. The maximum absolute atomic E-state index is 15.3. The first kappa shape index (κ1) is 31.7. The number of hydrogen-bond acceptors (Lipinski definition) is 10. The molecule has 12 heteroatoms. The molecule has 232 valence electrons. The van der Waals surface area contributed by atoms with Crippen LogP contribution in [0.3, 0.4) is 0 Å². The van der Waals surface area contributed by atoms with E-state index >= 15 is 4.39 Å². The Balaban J connectivity index is 1.36. The summed E-state index contributed by atoms with van der Waals surface area (Å²) in [7, 11) is 0. The monoisotopic (exact) mass is 630 g/mol. The lowest BCUT2D eigenvalue weighted by Crippen LogP contribution is -2.44. The number of aliphatic hydroxyl groups is 1. The van der Waals surface area contributed by atoms with Gasteiger partial charge in [-0.25, -0.2) is 13.8 Å². The van der Waals surface area contributed by atoms with E-state index in [2.05, 4.69) is 11.2 Å². The summed E-state index contributed by atoms with van der Waals surface area (Å²) in [6.07, 6.45) is 1.64. The molecule has 0 saturated carbocycles. The van der Waals surface area contributed by atoms with Gasteiger partial charge in [0.2, 0.25) is 0 Å². The van der Waals surface area contributed by atoms with Gasteiger partial charge in [0.1, 0.15) is 36.0 Å². The Bertz CT molecular complexity index is 1760. The summed E-state index contributed by atoms with van der Waals surface area (Å²) in [6.45, 7) is 5.93. The van der Waals surface area contributed by atoms with Crippen LogP contribution in [-0.2, 0) is 16.9 Å². The van der Waals surface area contributed by atoms with Gasteiger partial charge >= 0.3 is 5.97 Å². The number of ether oxygens (including phenoxy) is 1. The molecule has 2 atom stereocenters. The Morgan fingerprint density at radius 1 is 1.18 bits per heavy atom. The molecule has 0 saturated heterocycles. The average Bonchev–Trinajstić information content (AvgIpc) is 3.68. The molecule has 3 N–H and O–H groups in total. The summed E-state index contributed by atoms with van der Waals surface area (Å²) < 4.78 is 34.5. The minimum Gasteiger partial charge on any atom is -0.425 e. The van der Waals surface area contributed by atoms with Crippen LogP contribution in [0.5, 0.6) is 5.75 Å². The third-order valence-corrected chi connectivity index (χ3v) is 8.78.